The molecular weight excluding hydrogens is 438 g/mol. The zero-order chi connectivity index (χ0) is 22.4. The predicted octanol–water partition coefficient (Wildman–Crippen LogP) is 4.21. The summed E-state index contributed by atoms with van der Waals surface area (Å²) in [5, 5.41) is 3.84. The van der Waals surface area contributed by atoms with Gasteiger partial charge in [-0.25, -0.2) is 4.98 Å². The van der Waals surface area contributed by atoms with Crippen molar-refractivity contribution in [3.8, 4) is 11.5 Å². The second kappa shape index (κ2) is 8.12. The number of fused-ring (bicyclic) bond motifs is 3. The van der Waals surface area contributed by atoms with Crippen LogP contribution in [-0.2, 0) is 10.5 Å². The van der Waals surface area contributed by atoms with Gasteiger partial charge in [0.1, 0.15) is 11.6 Å². The molecule has 7 nitrogen and oxygen atoms in total. The molecule has 0 spiro atoms. The molecule has 3 aromatic rings. The molecule has 8 heteroatoms. The van der Waals surface area contributed by atoms with Gasteiger partial charge in [-0.3, -0.25) is 9.59 Å². The van der Waals surface area contributed by atoms with E-state index in [1.54, 1.807) is 0 Å². The number of carbonyl (C=O) groups is 1. The molecule has 3 aliphatic rings. The third-order valence-electron chi connectivity index (χ3n) is 6.25. The molecule has 1 aromatic heterocycles. The Morgan fingerprint density at radius 2 is 1.88 bits per heavy atom. The van der Waals surface area contributed by atoms with Gasteiger partial charge in [0.05, 0.1) is 11.5 Å². The monoisotopic (exact) mass is 459 g/mol. The number of H-pyrrole nitrogens is 1. The maximum absolute atomic E-state index is 13.4. The van der Waals surface area contributed by atoms with Crippen molar-refractivity contribution in [1.82, 2.24) is 9.97 Å². The number of allylic oxidation sites excluding steroid dienone is 2. The average molecular weight is 460 g/mol. The number of rotatable bonds is 4. The van der Waals surface area contributed by atoms with Crippen molar-refractivity contribution in [3.05, 3.63) is 87.3 Å². The standard InChI is InChI=1S/C25H21N3O4S/c29-17-8-4-7-16-21(17)20(15-9-10-18-19(11-15)32-13-31-18)22-23(26-16)27-25(28-24(22)30)33-12-14-5-2-1-3-6-14/h1-3,5-7,9-11,20-21H,4,8,12-13H2,(H2,26,27,28,30). The highest BCUT2D eigenvalue weighted by molar-refractivity contribution is 7.98. The smallest absolute Gasteiger partial charge is 0.257 e. The van der Waals surface area contributed by atoms with Crippen LogP contribution in [0.3, 0.4) is 0 Å². The number of ketones is 1. The Morgan fingerprint density at radius 1 is 1.03 bits per heavy atom. The van der Waals surface area contributed by atoms with E-state index in [0.29, 0.717) is 46.6 Å². The van der Waals surface area contributed by atoms with Crippen LogP contribution in [0.1, 0.15) is 35.4 Å². The van der Waals surface area contributed by atoms with Crippen molar-refractivity contribution in [2.45, 2.75) is 29.7 Å². The van der Waals surface area contributed by atoms with Crippen LogP contribution in [0.15, 0.2) is 70.3 Å². The Kier molecular flexibility index (Phi) is 4.95. The third kappa shape index (κ3) is 3.60. The topological polar surface area (TPSA) is 93.3 Å². The lowest BCUT2D eigenvalue weighted by Crippen LogP contribution is -2.38. The van der Waals surface area contributed by atoms with Gasteiger partial charge in [0, 0.05) is 23.8 Å². The quantitative estimate of drug-likeness (QED) is 0.446. The number of anilines is 1. The van der Waals surface area contributed by atoms with Crippen molar-refractivity contribution in [3.63, 3.8) is 0 Å². The summed E-state index contributed by atoms with van der Waals surface area (Å²) < 4.78 is 11.0. The molecule has 2 aromatic carbocycles. The number of hydrogen-bond donors (Lipinski definition) is 2. The second-order valence-electron chi connectivity index (χ2n) is 8.27. The van der Waals surface area contributed by atoms with E-state index in [-0.39, 0.29) is 18.1 Å². The fraction of sp³-hybridized carbons (Fsp3) is 0.240. The second-order valence-corrected chi connectivity index (χ2v) is 9.23. The molecule has 0 bridgehead atoms. The summed E-state index contributed by atoms with van der Waals surface area (Å²) in [7, 11) is 0. The number of nitrogens with zero attached hydrogens (tertiary/aromatic N) is 1. The minimum atomic E-state index is -0.447. The van der Waals surface area contributed by atoms with E-state index in [0.717, 1.165) is 16.8 Å². The van der Waals surface area contributed by atoms with Gasteiger partial charge < -0.3 is 19.8 Å². The molecule has 2 atom stereocenters. The van der Waals surface area contributed by atoms with Gasteiger partial charge in [0.25, 0.3) is 5.56 Å². The summed E-state index contributed by atoms with van der Waals surface area (Å²) in [4.78, 5) is 34.1. The zero-order valence-corrected chi connectivity index (χ0v) is 18.5. The Labute approximate surface area is 194 Å². The van der Waals surface area contributed by atoms with Crippen LogP contribution >= 0.6 is 11.8 Å². The Morgan fingerprint density at radius 3 is 2.76 bits per heavy atom. The minimum Gasteiger partial charge on any atom is -0.454 e. The number of thioether (sulfide) groups is 1. The number of benzene rings is 2. The van der Waals surface area contributed by atoms with Crippen molar-refractivity contribution in [1.29, 1.82) is 0 Å². The minimum absolute atomic E-state index is 0.121. The molecule has 0 radical (unpaired) electrons. The lowest BCUT2D eigenvalue weighted by Gasteiger charge is -2.36. The first-order valence-electron chi connectivity index (χ1n) is 10.9. The van der Waals surface area contributed by atoms with Crippen molar-refractivity contribution >= 4 is 23.4 Å². The first-order valence-corrected chi connectivity index (χ1v) is 11.9. The first kappa shape index (κ1) is 20.1. The van der Waals surface area contributed by atoms with Crippen molar-refractivity contribution in [2.75, 3.05) is 12.1 Å². The van der Waals surface area contributed by atoms with E-state index in [2.05, 4.69) is 16.4 Å². The molecule has 3 heterocycles. The van der Waals surface area contributed by atoms with E-state index in [1.165, 1.54) is 11.8 Å². The largest absolute Gasteiger partial charge is 0.454 e. The van der Waals surface area contributed by atoms with Gasteiger partial charge >= 0.3 is 0 Å². The van der Waals surface area contributed by atoms with E-state index in [4.69, 9.17) is 14.5 Å². The summed E-state index contributed by atoms with van der Waals surface area (Å²) in [6.45, 7) is 0.166. The number of nitrogens with one attached hydrogen (secondary N) is 2. The van der Waals surface area contributed by atoms with Crippen LogP contribution in [0.4, 0.5) is 5.82 Å². The van der Waals surface area contributed by atoms with E-state index < -0.39 is 11.8 Å². The van der Waals surface area contributed by atoms with Gasteiger partial charge in [-0.2, -0.15) is 0 Å². The summed E-state index contributed by atoms with van der Waals surface area (Å²) in [6.07, 6.45) is 3.19. The normalized spacial score (nSPS) is 20.5. The first-order chi connectivity index (χ1) is 16.2. The highest BCUT2D eigenvalue weighted by Crippen LogP contribution is 2.47. The highest BCUT2D eigenvalue weighted by Gasteiger charge is 2.42. The van der Waals surface area contributed by atoms with Gasteiger partial charge in [0.15, 0.2) is 16.7 Å². The van der Waals surface area contributed by atoms with E-state index in [9.17, 15) is 9.59 Å². The fourth-order valence-corrected chi connectivity index (χ4v) is 5.55. The maximum atomic E-state index is 13.4. The lowest BCUT2D eigenvalue weighted by molar-refractivity contribution is -0.122. The molecule has 33 heavy (non-hydrogen) atoms. The number of Topliss-reactive ketones (excluding diaryl/α,β-unsaturated/α-hetero) is 1. The van der Waals surface area contributed by atoms with Gasteiger partial charge in [0.2, 0.25) is 6.79 Å². The van der Waals surface area contributed by atoms with E-state index >= 15 is 0 Å². The van der Waals surface area contributed by atoms with Crippen LogP contribution in [0.5, 0.6) is 11.5 Å². The van der Waals surface area contributed by atoms with Crippen LogP contribution in [-0.4, -0.2) is 22.5 Å². The third-order valence-corrected chi connectivity index (χ3v) is 7.20. The Bertz CT molecular complexity index is 1340. The Hall–Kier alpha value is -3.52. The van der Waals surface area contributed by atoms with Gasteiger partial charge in [-0.15, -0.1) is 0 Å². The Balaban J connectivity index is 1.43. The average Bonchev–Trinajstić information content (AvgIpc) is 3.30. The molecule has 2 aliphatic heterocycles. The zero-order valence-electron chi connectivity index (χ0n) is 17.7. The summed E-state index contributed by atoms with van der Waals surface area (Å²) in [6, 6.07) is 15.7. The molecule has 6 rings (SSSR count). The molecule has 166 valence electrons. The van der Waals surface area contributed by atoms with Crippen LogP contribution < -0.4 is 20.3 Å². The number of carbonyl (C=O) groups excluding carboxylic acids is 1. The summed E-state index contributed by atoms with van der Waals surface area (Å²) in [5.41, 5.74) is 3.05. The highest BCUT2D eigenvalue weighted by atomic mass is 32.2. The summed E-state index contributed by atoms with van der Waals surface area (Å²) >= 11 is 1.47. The molecule has 1 aliphatic carbocycles. The van der Waals surface area contributed by atoms with Gasteiger partial charge in [-0.1, -0.05) is 54.2 Å². The molecule has 0 fully saturated rings. The number of aromatic amines is 1. The fourth-order valence-electron chi connectivity index (χ4n) is 4.73. The molecule has 2 unspecified atom stereocenters. The maximum Gasteiger partial charge on any atom is 0.257 e. The molecule has 0 saturated heterocycles. The van der Waals surface area contributed by atoms with Gasteiger partial charge in [-0.05, 0) is 29.7 Å². The molecular formula is C25H21N3O4S. The molecule has 0 amide bonds. The van der Waals surface area contributed by atoms with Crippen LogP contribution in [0.25, 0.3) is 0 Å². The number of hydrogen-bond acceptors (Lipinski definition) is 7. The van der Waals surface area contributed by atoms with Crippen molar-refractivity contribution < 1.29 is 14.3 Å². The molecule has 2 N–H and O–H groups in total. The summed E-state index contributed by atoms with van der Waals surface area (Å²) in [5.74, 6) is 1.72. The SMILES string of the molecule is O=C1CCC=C2Nc3nc(SCc4ccccc4)[nH]c(=O)c3C(c3ccc4c(c3)OCO4)C12. The number of ether oxygens (including phenoxy) is 2. The lowest BCUT2D eigenvalue weighted by atomic mass is 9.72. The van der Waals surface area contributed by atoms with Crippen LogP contribution in [0, 0.1) is 5.92 Å². The van der Waals surface area contributed by atoms with Crippen molar-refractivity contribution in [2.24, 2.45) is 5.92 Å². The number of aromatic nitrogens is 2. The molecule has 0 saturated carbocycles. The van der Waals surface area contributed by atoms with Crippen LogP contribution in [0.2, 0.25) is 0 Å². The van der Waals surface area contributed by atoms with E-state index in [1.807, 2.05) is 48.5 Å². The predicted molar refractivity (Wildman–Crippen MR) is 125 cm³/mol.